The van der Waals surface area contributed by atoms with E-state index >= 15 is 0 Å². The first-order valence-corrected chi connectivity index (χ1v) is 11.4. The van der Waals surface area contributed by atoms with Crippen LogP contribution in [0.15, 0.2) is 45.5 Å². The van der Waals surface area contributed by atoms with E-state index in [9.17, 15) is 9.90 Å². The number of pyridine rings is 1. The number of fused-ring (bicyclic) bond motifs is 1. The van der Waals surface area contributed by atoms with Crippen LogP contribution in [0.4, 0.5) is 11.5 Å². The van der Waals surface area contributed by atoms with E-state index < -0.39 is 0 Å². The third-order valence-corrected chi connectivity index (χ3v) is 7.07. The zero-order valence-electron chi connectivity index (χ0n) is 17.6. The summed E-state index contributed by atoms with van der Waals surface area (Å²) in [5.41, 5.74) is 3.72. The van der Waals surface area contributed by atoms with Gasteiger partial charge < -0.3 is 14.9 Å². The number of nitrogens with zero attached hydrogens (tertiary/aromatic N) is 6. The Hall–Kier alpha value is -3.01. The smallest absolute Gasteiger partial charge is 0.310 e. The Morgan fingerprint density at radius 2 is 1.88 bits per heavy atom. The second kappa shape index (κ2) is 8.16. The third-order valence-electron chi connectivity index (χ3n) is 5.79. The molecule has 1 N–H and O–H groups in total. The first-order valence-electron chi connectivity index (χ1n) is 10.2. The highest BCUT2D eigenvalue weighted by atomic mass is 35.5. The standard InChI is InChI=1S/C22H21ClN6O2S/c1-27-5-7-29(8-6-27)20-4-3-13(12-24-20)14-9-15-17(10-16(14)23)25-26-18(15)11-19-21(30)28(2)22(31)32-19/h3-4,9-12,30H,5-8H2,1-2H3/b18-11-. The van der Waals surface area contributed by atoms with Crippen LogP contribution in [0.25, 0.3) is 22.9 Å². The van der Waals surface area contributed by atoms with Crippen LogP contribution in [0.2, 0.25) is 5.02 Å². The molecule has 32 heavy (non-hydrogen) atoms. The van der Waals surface area contributed by atoms with Crippen molar-refractivity contribution in [3.8, 4) is 17.0 Å². The van der Waals surface area contributed by atoms with Gasteiger partial charge in [0.05, 0.1) is 21.3 Å². The Morgan fingerprint density at radius 1 is 1.09 bits per heavy atom. The molecule has 0 amide bonds. The predicted octanol–water partition coefficient (Wildman–Crippen LogP) is 4.22. The van der Waals surface area contributed by atoms with Crippen molar-refractivity contribution in [2.45, 2.75) is 0 Å². The Morgan fingerprint density at radius 3 is 2.53 bits per heavy atom. The van der Waals surface area contributed by atoms with Gasteiger partial charge in [-0.05, 0) is 37.4 Å². The van der Waals surface area contributed by atoms with Gasteiger partial charge in [0.2, 0.25) is 5.88 Å². The molecule has 1 fully saturated rings. The highest BCUT2D eigenvalue weighted by molar-refractivity contribution is 7.10. The molecule has 1 saturated heterocycles. The molecule has 0 spiro atoms. The van der Waals surface area contributed by atoms with Crippen molar-refractivity contribution in [3.05, 3.63) is 55.6 Å². The summed E-state index contributed by atoms with van der Waals surface area (Å²) >= 11 is 7.51. The first-order chi connectivity index (χ1) is 15.4. The quantitative estimate of drug-likeness (QED) is 0.622. The second-order valence-corrected chi connectivity index (χ2v) is 9.29. The maximum Gasteiger partial charge on any atom is 0.310 e. The molecule has 3 aromatic rings. The molecule has 0 aliphatic carbocycles. The highest BCUT2D eigenvalue weighted by Gasteiger charge is 2.21. The number of piperazine rings is 1. The summed E-state index contributed by atoms with van der Waals surface area (Å²) in [5.74, 6) is 0.869. The van der Waals surface area contributed by atoms with E-state index in [4.69, 9.17) is 11.6 Å². The fourth-order valence-corrected chi connectivity index (χ4v) is 4.86. The minimum atomic E-state index is -0.243. The van der Waals surface area contributed by atoms with E-state index in [-0.39, 0.29) is 10.8 Å². The summed E-state index contributed by atoms with van der Waals surface area (Å²) in [6.07, 6.45) is 3.51. The summed E-state index contributed by atoms with van der Waals surface area (Å²) in [7, 11) is 3.65. The Kier molecular flexibility index (Phi) is 5.32. The molecule has 2 aliphatic rings. The topological polar surface area (TPSA) is 86.3 Å². The number of thiazole rings is 1. The molecule has 2 aromatic heterocycles. The molecule has 2 aliphatic heterocycles. The van der Waals surface area contributed by atoms with Gasteiger partial charge in [-0.25, -0.2) is 4.98 Å². The minimum Gasteiger partial charge on any atom is -0.493 e. The summed E-state index contributed by atoms with van der Waals surface area (Å²) < 4.78 is 1.20. The zero-order valence-corrected chi connectivity index (χ0v) is 19.2. The number of halogens is 1. The van der Waals surface area contributed by atoms with E-state index in [0.717, 1.165) is 60.0 Å². The number of azo groups is 1. The lowest BCUT2D eigenvalue weighted by Gasteiger charge is -2.33. The van der Waals surface area contributed by atoms with Gasteiger partial charge in [-0.15, -0.1) is 10.2 Å². The van der Waals surface area contributed by atoms with Crippen LogP contribution < -0.4 is 9.77 Å². The van der Waals surface area contributed by atoms with Crippen LogP contribution in [0.3, 0.4) is 0 Å². The van der Waals surface area contributed by atoms with E-state index in [1.807, 2.05) is 24.4 Å². The van der Waals surface area contributed by atoms with E-state index in [1.54, 1.807) is 12.1 Å². The molecule has 0 radical (unpaired) electrons. The van der Waals surface area contributed by atoms with Gasteiger partial charge in [0.25, 0.3) is 0 Å². The van der Waals surface area contributed by atoms with Gasteiger partial charge in [-0.3, -0.25) is 9.36 Å². The fourth-order valence-electron chi connectivity index (χ4n) is 3.79. The van der Waals surface area contributed by atoms with Gasteiger partial charge in [0.15, 0.2) is 0 Å². The molecule has 0 bridgehead atoms. The molecule has 0 saturated carbocycles. The van der Waals surface area contributed by atoms with E-state index in [1.165, 1.54) is 11.6 Å². The normalized spacial score (nSPS) is 17.3. The van der Waals surface area contributed by atoms with Crippen molar-refractivity contribution in [2.24, 2.45) is 17.3 Å². The minimum absolute atomic E-state index is 0.0889. The third kappa shape index (κ3) is 3.72. The maximum absolute atomic E-state index is 11.8. The maximum atomic E-state index is 11.8. The summed E-state index contributed by atoms with van der Waals surface area (Å²) in [5, 5.41) is 19.2. The SMILES string of the molecule is CN1CCN(c2ccc(-c3cc4c(cc3Cl)N=N/C4=C\c3sc(=O)n(C)c3O)cn2)CC1. The van der Waals surface area contributed by atoms with Crippen LogP contribution in [0, 0.1) is 0 Å². The number of benzene rings is 1. The molecular weight excluding hydrogens is 448 g/mol. The van der Waals surface area contributed by atoms with Crippen LogP contribution >= 0.6 is 22.9 Å². The zero-order chi connectivity index (χ0) is 22.4. The number of likely N-dealkylation sites (N-methyl/N-ethyl adjacent to an activating group) is 1. The van der Waals surface area contributed by atoms with Gasteiger partial charge >= 0.3 is 4.87 Å². The first kappa shape index (κ1) is 20.9. The number of anilines is 1. The van der Waals surface area contributed by atoms with E-state index in [2.05, 4.69) is 32.1 Å². The Bertz CT molecular complexity index is 1300. The van der Waals surface area contributed by atoms with Crippen molar-refractivity contribution in [1.82, 2.24) is 14.5 Å². The summed E-state index contributed by atoms with van der Waals surface area (Å²) in [6, 6.07) is 7.75. The highest BCUT2D eigenvalue weighted by Crippen LogP contribution is 2.43. The average Bonchev–Trinajstić information content (AvgIpc) is 3.29. The molecule has 8 nitrogen and oxygen atoms in total. The van der Waals surface area contributed by atoms with Gasteiger partial charge in [-0.1, -0.05) is 22.9 Å². The number of hydrogen-bond donors (Lipinski definition) is 1. The second-order valence-electron chi connectivity index (χ2n) is 7.89. The lowest BCUT2D eigenvalue weighted by atomic mass is 10.0. The monoisotopic (exact) mass is 468 g/mol. The average molecular weight is 469 g/mol. The predicted molar refractivity (Wildman–Crippen MR) is 128 cm³/mol. The summed E-state index contributed by atoms with van der Waals surface area (Å²) in [4.78, 5) is 21.3. The van der Waals surface area contributed by atoms with Gasteiger partial charge in [0, 0.05) is 56.1 Å². The molecule has 10 heteroatoms. The Labute approximate surface area is 193 Å². The van der Waals surface area contributed by atoms with Crippen LogP contribution in [0.1, 0.15) is 10.4 Å². The Balaban J connectivity index is 1.47. The van der Waals surface area contributed by atoms with E-state index in [0.29, 0.717) is 21.3 Å². The molecule has 4 heterocycles. The van der Waals surface area contributed by atoms with Gasteiger partial charge in [-0.2, -0.15) is 0 Å². The number of rotatable bonds is 3. The molecule has 0 unspecified atom stereocenters. The number of aromatic nitrogens is 2. The lowest BCUT2D eigenvalue weighted by Crippen LogP contribution is -2.44. The molecule has 0 atom stereocenters. The van der Waals surface area contributed by atoms with Crippen molar-refractivity contribution in [2.75, 3.05) is 38.1 Å². The van der Waals surface area contributed by atoms with Gasteiger partial charge in [0.1, 0.15) is 5.82 Å². The number of hydrogen-bond acceptors (Lipinski definition) is 8. The molecule has 1 aromatic carbocycles. The molecular formula is C22H21ClN6O2S. The summed E-state index contributed by atoms with van der Waals surface area (Å²) in [6.45, 7) is 3.96. The molecule has 164 valence electrons. The lowest BCUT2D eigenvalue weighted by molar-refractivity contribution is 0.312. The van der Waals surface area contributed by atoms with Crippen LogP contribution in [-0.4, -0.2) is 52.8 Å². The van der Waals surface area contributed by atoms with Crippen LogP contribution in [0.5, 0.6) is 5.88 Å². The molecule has 5 rings (SSSR count). The van der Waals surface area contributed by atoms with Crippen molar-refractivity contribution in [3.63, 3.8) is 0 Å². The largest absolute Gasteiger partial charge is 0.493 e. The van der Waals surface area contributed by atoms with Crippen molar-refractivity contribution < 1.29 is 5.11 Å². The van der Waals surface area contributed by atoms with Crippen LogP contribution in [-0.2, 0) is 7.05 Å². The van der Waals surface area contributed by atoms with Crippen molar-refractivity contribution >= 4 is 46.2 Å². The fraction of sp³-hybridized carbons (Fsp3) is 0.273. The van der Waals surface area contributed by atoms with Crippen molar-refractivity contribution in [1.29, 1.82) is 0 Å². The number of aromatic hydroxyl groups is 1.